The van der Waals surface area contributed by atoms with Crippen LogP contribution < -0.4 is 0 Å². The molecule has 1 heteroatoms. The van der Waals surface area contributed by atoms with Crippen molar-refractivity contribution in [3.63, 3.8) is 0 Å². The Balaban J connectivity index is 1.85. The summed E-state index contributed by atoms with van der Waals surface area (Å²) in [5.41, 5.74) is 1.71. The van der Waals surface area contributed by atoms with Crippen molar-refractivity contribution in [1.82, 2.24) is 0 Å². The summed E-state index contributed by atoms with van der Waals surface area (Å²) in [6, 6.07) is 0. The van der Waals surface area contributed by atoms with Gasteiger partial charge < -0.3 is 4.74 Å². The van der Waals surface area contributed by atoms with E-state index in [4.69, 9.17) is 4.74 Å². The molecule has 0 aromatic rings. The van der Waals surface area contributed by atoms with Crippen LogP contribution in [-0.2, 0) is 4.74 Å². The SMILES string of the molecule is C=C(CC(C)C)C1CCC2(C)OC2C1. The Kier molecular flexibility index (Phi) is 2.46. The van der Waals surface area contributed by atoms with Crippen molar-refractivity contribution in [3.8, 4) is 0 Å². The standard InChI is InChI=1S/C13H22O/c1-9(2)7-10(3)11-5-6-13(4)12(8-11)14-13/h9,11-12H,3,5-8H2,1-2,4H3. The molecule has 2 fully saturated rings. The minimum Gasteiger partial charge on any atom is -0.366 e. The van der Waals surface area contributed by atoms with E-state index in [-0.39, 0.29) is 5.60 Å². The van der Waals surface area contributed by atoms with Crippen LogP contribution in [0, 0.1) is 11.8 Å². The van der Waals surface area contributed by atoms with Crippen LogP contribution in [0.2, 0.25) is 0 Å². The van der Waals surface area contributed by atoms with Crippen LogP contribution in [-0.4, -0.2) is 11.7 Å². The molecule has 0 bridgehead atoms. The molecule has 14 heavy (non-hydrogen) atoms. The first-order valence-corrected chi connectivity index (χ1v) is 5.87. The molecule has 0 N–H and O–H groups in total. The molecule has 2 aliphatic rings. The normalized spacial score (nSPS) is 40.9. The molecule has 0 radical (unpaired) electrons. The second-order valence-electron chi connectivity index (χ2n) is 5.65. The lowest BCUT2D eigenvalue weighted by molar-refractivity contribution is 0.302. The van der Waals surface area contributed by atoms with E-state index in [1.165, 1.54) is 31.3 Å². The van der Waals surface area contributed by atoms with Gasteiger partial charge in [0, 0.05) is 0 Å². The average molecular weight is 194 g/mol. The van der Waals surface area contributed by atoms with E-state index in [0.29, 0.717) is 6.10 Å². The molecule has 0 spiro atoms. The molecule has 1 aliphatic heterocycles. The van der Waals surface area contributed by atoms with Crippen LogP contribution >= 0.6 is 0 Å². The highest BCUT2D eigenvalue weighted by atomic mass is 16.6. The molecule has 3 atom stereocenters. The highest BCUT2D eigenvalue weighted by molar-refractivity contribution is 5.11. The first-order chi connectivity index (χ1) is 6.51. The van der Waals surface area contributed by atoms with Gasteiger partial charge in [-0.15, -0.1) is 0 Å². The summed E-state index contributed by atoms with van der Waals surface area (Å²) in [7, 11) is 0. The Labute approximate surface area is 87.5 Å². The van der Waals surface area contributed by atoms with E-state index in [9.17, 15) is 0 Å². The van der Waals surface area contributed by atoms with Crippen molar-refractivity contribution in [2.45, 2.75) is 58.2 Å². The third-order valence-electron chi connectivity index (χ3n) is 3.77. The van der Waals surface area contributed by atoms with Gasteiger partial charge in [-0.3, -0.25) is 0 Å². The molecule has 2 rings (SSSR count). The van der Waals surface area contributed by atoms with Gasteiger partial charge in [0.05, 0.1) is 11.7 Å². The maximum atomic E-state index is 5.71. The van der Waals surface area contributed by atoms with E-state index >= 15 is 0 Å². The number of allylic oxidation sites excluding steroid dienone is 1. The topological polar surface area (TPSA) is 12.5 Å². The summed E-state index contributed by atoms with van der Waals surface area (Å²) in [4.78, 5) is 0. The van der Waals surface area contributed by atoms with E-state index in [2.05, 4.69) is 27.4 Å². The molecule has 1 aliphatic carbocycles. The van der Waals surface area contributed by atoms with Crippen molar-refractivity contribution in [3.05, 3.63) is 12.2 Å². The van der Waals surface area contributed by atoms with Crippen LogP contribution in [0.25, 0.3) is 0 Å². The third kappa shape index (κ3) is 1.88. The van der Waals surface area contributed by atoms with Gasteiger partial charge >= 0.3 is 0 Å². The number of hydrogen-bond donors (Lipinski definition) is 0. The van der Waals surface area contributed by atoms with Crippen molar-refractivity contribution < 1.29 is 4.74 Å². The second-order valence-corrected chi connectivity index (χ2v) is 5.65. The lowest BCUT2D eigenvalue weighted by atomic mass is 9.78. The maximum Gasteiger partial charge on any atom is 0.0920 e. The average Bonchev–Trinajstić information content (AvgIpc) is 2.73. The van der Waals surface area contributed by atoms with E-state index < -0.39 is 0 Å². The number of fused-ring (bicyclic) bond motifs is 1. The van der Waals surface area contributed by atoms with E-state index in [1.807, 2.05) is 0 Å². The van der Waals surface area contributed by atoms with Crippen molar-refractivity contribution in [1.29, 1.82) is 0 Å². The molecule has 80 valence electrons. The maximum absolute atomic E-state index is 5.71. The summed E-state index contributed by atoms with van der Waals surface area (Å²) in [5, 5.41) is 0. The predicted molar refractivity (Wildman–Crippen MR) is 59.2 cm³/mol. The molecule has 0 aromatic carbocycles. The molecule has 0 aromatic heterocycles. The molecular weight excluding hydrogens is 172 g/mol. The molecule has 1 nitrogen and oxygen atoms in total. The fourth-order valence-electron chi connectivity index (χ4n) is 2.71. The van der Waals surface area contributed by atoms with Gasteiger partial charge in [-0.2, -0.15) is 0 Å². The zero-order chi connectivity index (χ0) is 10.3. The highest BCUT2D eigenvalue weighted by Crippen LogP contribution is 2.50. The monoisotopic (exact) mass is 194 g/mol. The zero-order valence-electron chi connectivity index (χ0n) is 9.68. The Morgan fingerprint density at radius 2 is 2.29 bits per heavy atom. The molecular formula is C13H22O. The molecule has 0 amide bonds. The number of hydrogen-bond acceptors (Lipinski definition) is 1. The highest BCUT2D eigenvalue weighted by Gasteiger charge is 2.55. The van der Waals surface area contributed by atoms with E-state index in [0.717, 1.165) is 11.8 Å². The minimum absolute atomic E-state index is 0.259. The van der Waals surface area contributed by atoms with Crippen molar-refractivity contribution >= 4 is 0 Å². The Morgan fingerprint density at radius 3 is 2.86 bits per heavy atom. The number of ether oxygens (including phenoxy) is 1. The van der Waals surface area contributed by atoms with E-state index in [1.54, 1.807) is 0 Å². The Morgan fingerprint density at radius 1 is 1.57 bits per heavy atom. The predicted octanol–water partition coefficient (Wildman–Crippen LogP) is 3.55. The van der Waals surface area contributed by atoms with Crippen LogP contribution in [0.15, 0.2) is 12.2 Å². The number of rotatable bonds is 3. The van der Waals surface area contributed by atoms with Gasteiger partial charge in [-0.25, -0.2) is 0 Å². The lowest BCUT2D eigenvalue weighted by Crippen LogP contribution is -2.22. The summed E-state index contributed by atoms with van der Waals surface area (Å²) in [5.74, 6) is 1.48. The largest absolute Gasteiger partial charge is 0.366 e. The summed E-state index contributed by atoms with van der Waals surface area (Å²) in [6.45, 7) is 11.0. The van der Waals surface area contributed by atoms with Gasteiger partial charge in [0.1, 0.15) is 0 Å². The second kappa shape index (κ2) is 3.37. The first kappa shape index (κ1) is 10.2. The molecule has 3 unspecified atom stereocenters. The summed E-state index contributed by atoms with van der Waals surface area (Å²) >= 11 is 0. The van der Waals surface area contributed by atoms with Crippen LogP contribution in [0.4, 0.5) is 0 Å². The van der Waals surface area contributed by atoms with Crippen LogP contribution in [0.5, 0.6) is 0 Å². The minimum atomic E-state index is 0.259. The third-order valence-corrected chi connectivity index (χ3v) is 3.77. The molecule has 1 heterocycles. The van der Waals surface area contributed by atoms with Gasteiger partial charge in [-0.1, -0.05) is 26.0 Å². The van der Waals surface area contributed by atoms with Gasteiger partial charge in [0.15, 0.2) is 0 Å². The Bertz CT molecular complexity index is 244. The van der Waals surface area contributed by atoms with Crippen LogP contribution in [0.3, 0.4) is 0 Å². The Hall–Kier alpha value is -0.300. The zero-order valence-corrected chi connectivity index (χ0v) is 9.68. The fraction of sp³-hybridized carbons (Fsp3) is 0.846. The van der Waals surface area contributed by atoms with Gasteiger partial charge in [-0.05, 0) is 44.4 Å². The number of epoxide rings is 1. The van der Waals surface area contributed by atoms with Crippen molar-refractivity contribution in [2.24, 2.45) is 11.8 Å². The van der Waals surface area contributed by atoms with Crippen molar-refractivity contribution in [2.75, 3.05) is 0 Å². The molecule has 1 saturated carbocycles. The summed E-state index contributed by atoms with van der Waals surface area (Å²) in [6.07, 6.45) is 5.49. The van der Waals surface area contributed by atoms with Gasteiger partial charge in [0.25, 0.3) is 0 Å². The van der Waals surface area contributed by atoms with Crippen LogP contribution in [0.1, 0.15) is 46.5 Å². The lowest BCUT2D eigenvalue weighted by Gasteiger charge is -2.25. The summed E-state index contributed by atoms with van der Waals surface area (Å²) < 4.78 is 5.71. The fourth-order valence-corrected chi connectivity index (χ4v) is 2.71. The smallest absolute Gasteiger partial charge is 0.0920 e. The molecule has 1 saturated heterocycles. The van der Waals surface area contributed by atoms with Gasteiger partial charge in [0.2, 0.25) is 0 Å². The quantitative estimate of drug-likeness (QED) is 0.494. The first-order valence-electron chi connectivity index (χ1n) is 5.87.